The van der Waals surface area contributed by atoms with E-state index in [0.29, 0.717) is 0 Å². The van der Waals surface area contributed by atoms with Crippen LogP contribution in [0, 0.1) is 11.6 Å². The van der Waals surface area contributed by atoms with Gasteiger partial charge in [0.25, 0.3) is 0 Å². The highest BCUT2D eigenvalue weighted by Crippen LogP contribution is 2.27. The number of anilines is 1. The van der Waals surface area contributed by atoms with E-state index >= 15 is 0 Å². The van der Waals surface area contributed by atoms with Gasteiger partial charge in [-0.05, 0) is 12.1 Å². The lowest BCUT2D eigenvalue weighted by Gasteiger charge is -2.18. The molecule has 0 aliphatic rings. The first-order chi connectivity index (χ1) is 6.99. The molecule has 0 bridgehead atoms. The van der Waals surface area contributed by atoms with Crippen molar-refractivity contribution < 1.29 is 19.0 Å². The van der Waals surface area contributed by atoms with E-state index in [0.717, 1.165) is 12.1 Å². The Balaban J connectivity index is 3.18. The zero-order chi connectivity index (χ0) is 11.6. The van der Waals surface area contributed by atoms with E-state index in [1.54, 1.807) is 0 Å². The molecule has 6 heteroatoms. The van der Waals surface area contributed by atoms with Crippen molar-refractivity contribution in [3.63, 3.8) is 0 Å². The molecule has 0 aliphatic heterocycles. The summed E-state index contributed by atoms with van der Waals surface area (Å²) in [6, 6.07) is 1.95. The summed E-state index contributed by atoms with van der Waals surface area (Å²) in [6.45, 7) is -0.281. The van der Waals surface area contributed by atoms with Crippen LogP contribution >= 0.6 is 0 Å². The lowest BCUT2D eigenvalue weighted by molar-refractivity contribution is 0.0223. The van der Waals surface area contributed by atoms with Crippen LogP contribution in [0.15, 0.2) is 12.1 Å². The smallest absolute Gasteiger partial charge is 0.166 e. The van der Waals surface area contributed by atoms with Gasteiger partial charge in [0.1, 0.15) is 6.10 Å². The molecule has 1 aromatic rings. The van der Waals surface area contributed by atoms with Gasteiger partial charge in [0.05, 0.1) is 6.10 Å². The predicted molar refractivity (Wildman–Crippen MR) is 50.8 cm³/mol. The molecular formula is C9H12F2N2O2. The first-order valence-corrected chi connectivity index (χ1v) is 4.28. The third-order valence-corrected chi connectivity index (χ3v) is 2.07. The number of aliphatic hydroxyl groups is 2. The van der Waals surface area contributed by atoms with Gasteiger partial charge in [-0.2, -0.15) is 0 Å². The molecule has 2 unspecified atom stereocenters. The summed E-state index contributed by atoms with van der Waals surface area (Å²) in [5, 5.41) is 18.7. The minimum atomic E-state index is -1.63. The van der Waals surface area contributed by atoms with E-state index < -0.39 is 29.4 Å². The van der Waals surface area contributed by atoms with Gasteiger partial charge >= 0.3 is 0 Å². The topological polar surface area (TPSA) is 92.5 Å². The zero-order valence-corrected chi connectivity index (χ0v) is 7.82. The van der Waals surface area contributed by atoms with Gasteiger partial charge in [-0.25, -0.2) is 8.78 Å². The van der Waals surface area contributed by atoms with Gasteiger partial charge in [-0.3, -0.25) is 0 Å². The van der Waals surface area contributed by atoms with Crippen LogP contribution in [0.5, 0.6) is 0 Å². The van der Waals surface area contributed by atoms with E-state index in [1.807, 2.05) is 0 Å². The van der Waals surface area contributed by atoms with Gasteiger partial charge in [0.15, 0.2) is 11.6 Å². The quantitative estimate of drug-likeness (QED) is 0.533. The van der Waals surface area contributed by atoms with Crippen LogP contribution in [-0.2, 0) is 0 Å². The predicted octanol–water partition coefficient (Wildman–Crippen LogP) is -0.100. The van der Waals surface area contributed by atoms with Crippen LogP contribution < -0.4 is 11.5 Å². The highest BCUT2D eigenvalue weighted by atomic mass is 19.2. The number of halogens is 2. The second-order valence-electron chi connectivity index (χ2n) is 3.11. The summed E-state index contributed by atoms with van der Waals surface area (Å²) in [6.07, 6.45) is -3.02. The van der Waals surface area contributed by atoms with Crippen LogP contribution in [0.4, 0.5) is 14.5 Å². The van der Waals surface area contributed by atoms with Gasteiger partial charge in [0, 0.05) is 17.8 Å². The number of hydrogen-bond donors (Lipinski definition) is 4. The molecule has 0 aliphatic carbocycles. The van der Waals surface area contributed by atoms with Gasteiger partial charge < -0.3 is 21.7 Å². The maximum atomic E-state index is 13.2. The Morgan fingerprint density at radius 2 is 1.87 bits per heavy atom. The van der Waals surface area contributed by atoms with Crippen LogP contribution in [0.1, 0.15) is 11.7 Å². The molecule has 0 aromatic heterocycles. The van der Waals surface area contributed by atoms with Crippen LogP contribution in [0.25, 0.3) is 0 Å². The maximum Gasteiger partial charge on any atom is 0.166 e. The minimum Gasteiger partial charge on any atom is -0.398 e. The Kier molecular flexibility index (Phi) is 3.57. The largest absolute Gasteiger partial charge is 0.398 e. The van der Waals surface area contributed by atoms with E-state index in [4.69, 9.17) is 11.5 Å². The highest BCUT2D eigenvalue weighted by molar-refractivity contribution is 5.49. The van der Waals surface area contributed by atoms with Crippen LogP contribution in [0.3, 0.4) is 0 Å². The second-order valence-corrected chi connectivity index (χ2v) is 3.11. The van der Waals surface area contributed by atoms with Crippen molar-refractivity contribution in [2.24, 2.45) is 5.73 Å². The van der Waals surface area contributed by atoms with Crippen molar-refractivity contribution in [1.82, 2.24) is 0 Å². The first-order valence-electron chi connectivity index (χ1n) is 4.28. The maximum absolute atomic E-state index is 13.2. The van der Waals surface area contributed by atoms with Crippen LogP contribution in [0.2, 0.25) is 0 Å². The Bertz CT molecular complexity index is 360. The zero-order valence-electron chi connectivity index (χ0n) is 7.82. The van der Waals surface area contributed by atoms with E-state index in [-0.39, 0.29) is 12.2 Å². The fourth-order valence-electron chi connectivity index (χ4n) is 1.20. The molecule has 4 nitrogen and oxygen atoms in total. The molecule has 0 spiro atoms. The van der Waals surface area contributed by atoms with Crippen molar-refractivity contribution in [2.75, 3.05) is 12.3 Å². The monoisotopic (exact) mass is 218 g/mol. The molecule has 0 heterocycles. The summed E-state index contributed by atoms with van der Waals surface area (Å²) in [5.41, 5.74) is 9.85. The van der Waals surface area contributed by atoms with Crippen molar-refractivity contribution >= 4 is 5.69 Å². The Hall–Kier alpha value is -1.24. The molecule has 1 aromatic carbocycles. The number of benzene rings is 1. The number of nitrogens with two attached hydrogens (primary N) is 2. The Labute approximate surface area is 85.1 Å². The molecule has 0 fully saturated rings. The second kappa shape index (κ2) is 4.52. The van der Waals surface area contributed by atoms with E-state index in [2.05, 4.69) is 0 Å². The minimum absolute atomic E-state index is 0.131. The summed E-state index contributed by atoms with van der Waals surface area (Å²) in [4.78, 5) is 0. The first kappa shape index (κ1) is 11.8. The molecule has 1 rings (SSSR count). The Morgan fingerprint density at radius 1 is 1.27 bits per heavy atom. The third-order valence-electron chi connectivity index (χ3n) is 2.07. The van der Waals surface area contributed by atoms with Gasteiger partial charge in [0.2, 0.25) is 0 Å². The number of aliphatic hydroxyl groups excluding tert-OH is 2. The molecular weight excluding hydrogens is 206 g/mol. The summed E-state index contributed by atoms with van der Waals surface area (Å²) in [7, 11) is 0. The SMILES string of the molecule is NCC(O)C(O)c1c(N)ccc(F)c1F. The number of rotatable bonds is 3. The molecule has 0 amide bonds. The number of hydrogen-bond acceptors (Lipinski definition) is 4. The molecule has 0 radical (unpaired) electrons. The lowest BCUT2D eigenvalue weighted by Crippen LogP contribution is -2.28. The number of nitrogen functional groups attached to an aromatic ring is 1. The van der Waals surface area contributed by atoms with Crippen molar-refractivity contribution in [3.8, 4) is 0 Å². The summed E-state index contributed by atoms with van der Waals surface area (Å²) < 4.78 is 26.1. The summed E-state index contributed by atoms with van der Waals surface area (Å²) >= 11 is 0. The average Bonchev–Trinajstić information content (AvgIpc) is 2.22. The normalized spacial score (nSPS) is 15.0. The van der Waals surface area contributed by atoms with Crippen molar-refractivity contribution in [1.29, 1.82) is 0 Å². The summed E-state index contributed by atoms with van der Waals surface area (Å²) in [5.74, 6) is -2.41. The molecule has 84 valence electrons. The van der Waals surface area contributed by atoms with Crippen molar-refractivity contribution in [2.45, 2.75) is 12.2 Å². The molecule has 0 saturated heterocycles. The molecule has 15 heavy (non-hydrogen) atoms. The van der Waals surface area contributed by atoms with Crippen LogP contribution in [-0.4, -0.2) is 22.9 Å². The fraction of sp³-hybridized carbons (Fsp3) is 0.333. The average molecular weight is 218 g/mol. The lowest BCUT2D eigenvalue weighted by atomic mass is 10.0. The van der Waals surface area contributed by atoms with E-state index in [1.165, 1.54) is 0 Å². The van der Waals surface area contributed by atoms with E-state index in [9.17, 15) is 19.0 Å². The standard InChI is InChI=1S/C9H12F2N2O2/c10-4-1-2-5(13)7(8(4)11)9(15)6(14)3-12/h1-2,6,9,14-15H,3,12-13H2. The van der Waals surface area contributed by atoms with Gasteiger partial charge in [-0.15, -0.1) is 0 Å². The Morgan fingerprint density at radius 3 is 2.40 bits per heavy atom. The molecule has 6 N–H and O–H groups in total. The fourth-order valence-corrected chi connectivity index (χ4v) is 1.20. The highest BCUT2D eigenvalue weighted by Gasteiger charge is 2.24. The molecule has 2 atom stereocenters. The van der Waals surface area contributed by atoms with Crippen molar-refractivity contribution in [3.05, 3.63) is 29.3 Å². The molecule has 0 saturated carbocycles. The van der Waals surface area contributed by atoms with Gasteiger partial charge in [-0.1, -0.05) is 0 Å². The third kappa shape index (κ3) is 2.23.